The van der Waals surface area contributed by atoms with Gasteiger partial charge in [0.15, 0.2) is 0 Å². The van der Waals surface area contributed by atoms with Crippen molar-refractivity contribution in [2.45, 2.75) is 42.7 Å². The topological polar surface area (TPSA) is 169 Å². The fraction of sp³-hybridized carbons (Fsp3) is 0.727. The maximum absolute atomic E-state index is 10.5. The Hall–Kier alpha value is -0.730. The second-order valence-corrected chi connectivity index (χ2v) is 6.75. The fourth-order valence-electron chi connectivity index (χ4n) is 1.74. The molecule has 10 nitrogen and oxygen atoms in total. The van der Waals surface area contributed by atoms with Gasteiger partial charge in [-0.1, -0.05) is 23.0 Å². The van der Waals surface area contributed by atoms with Crippen LogP contribution in [0, 0.1) is 0 Å². The highest BCUT2D eigenvalue weighted by atomic mass is 32.3. The SMILES string of the molecule is C=CCCC(=NOS(=O)(=O)[O-])S[C@@H]1O[C@H](CO)[C@@H](O)[C@H](O)[C@H]1O. The van der Waals surface area contributed by atoms with Crippen LogP contribution in [-0.4, -0.2) is 74.9 Å². The minimum Gasteiger partial charge on any atom is -0.714 e. The Bertz CT molecular complexity index is 522. The number of thioether (sulfide) groups is 1. The molecule has 5 atom stereocenters. The number of oxime groups is 1. The Labute approximate surface area is 137 Å². The average molecular weight is 372 g/mol. The fourth-order valence-corrected chi connectivity index (χ4v) is 3.05. The van der Waals surface area contributed by atoms with Crippen LogP contribution in [0.5, 0.6) is 0 Å². The first-order chi connectivity index (χ1) is 10.7. The molecular weight excluding hydrogens is 354 g/mol. The Morgan fingerprint density at radius 1 is 1.35 bits per heavy atom. The molecule has 0 aliphatic carbocycles. The van der Waals surface area contributed by atoms with Gasteiger partial charge in [-0.05, 0) is 6.42 Å². The number of nitrogens with zero attached hydrogens (tertiary/aromatic N) is 1. The quantitative estimate of drug-likeness (QED) is 0.101. The molecule has 1 aliphatic rings. The Kier molecular flexibility index (Phi) is 7.89. The summed E-state index contributed by atoms with van der Waals surface area (Å²) in [6, 6.07) is 0. The van der Waals surface area contributed by atoms with Gasteiger partial charge in [0.1, 0.15) is 34.9 Å². The van der Waals surface area contributed by atoms with Crippen LogP contribution in [0.2, 0.25) is 0 Å². The first-order valence-electron chi connectivity index (χ1n) is 6.49. The Balaban J connectivity index is 2.86. The van der Waals surface area contributed by atoms with Crippen molar-refractivity contribution in [3.63, 3.8) is 0 Å². The number of rotatable bonds is 7. The molecular formula is C11H18NO9S2-. The van der Waals surface area contributed by atoms with E-state index in [1.54, 1.807) is 0 Å². The summed E-state index contributed by atoms with van der Waals surface area (Å²) in [5, 5.41) is 41.5. The summed E-state index contributed by atoms with van der Waals surface area (Å²) in [4.78, 5) is 0. The summed E-state index contributed by atoms with van der Waals surface area (Å²) in [7, 11) is -5.04. The second-order valence-electron chi connectivity index (χ2n) is 4.61. The summed E-state index contributed by atoms with van der Waals surface area (Å²) in [6.07, 6.45) is -3.73. The maximum atomic E-state index is 10.5. The Morgan fingerprint density at radius 3 is 2.52 bits per heavy atom. The van der Waals surface area contributed by atoms with Crippen molar-refractivity contribution in [1.82, 2.24) is 0 Å². The first-order valence-corrected chi connectivity index (χ1v) is 8.70. The molecule has 12 heteroatoms. The molecule has 1 fully saturated rings. The summed E-state index contributed by atoms with van der Waals surface area (Å²) < 4.78 is 40.4. The molecule has 1 rings (SSSR count). The number of hydrogen-bond acceptors (Lipinski definition) is 11. The highest BCUT2D eigenvalue weighted by Gasteiger charge is 2.44. The average Bonchev–Trinajstić information content (AvgIpc) is 2.49. The minimum atomic E-state index is -5.04. The third-order valence-corrected chi connectivity index (χ3v) is 4.32. The Morgan fingerprint density at radius 2 is 2.00 bits per heavy atom. The summed E-state index contributed by atoms with van der Waals surface area (Å²) in [5.41, 5.74) is -1.16. The molecule has 134 valence electrons. The number of allylic oxidation sites excluding steroid dienone is 1. The van der Waals surface area contributed by atoms with E-state index in [1.807, 2.05) is 0 Å². The van der Waals surface area contributed by atoms with Crippen LogP contribution in [0.4, 0.5) is 0 Å². The van der Waals surface area contributed by atoms with Crippen LogP contribution in [0.3, 0.4) is 0 Å². The van der Waals surface area contributed by atoms with Gasteiger partial charge in [0.2, 0.25) is 0 Å². The van der Waals surface area contributed by atoms with E-state index in [0.29, 0.717) is 18.2 Å². The lowest BCUT2D eigenvalue weighted by Crippen LogP contribution is -2.57. The lowest BCUT2D eigenvalue weighted by molar-refractivity contribution is -0.205. The summed E-state index contributed by atoms with van der Waals surface area (Å²) in [5.74, 6) is 0. The van der Waals surface area contributed by atoms with Crippen LogP contribution >= 0.6 is 11.8 Å². The van der Waals surface area contributed by atoms with Crippen molar-refractivity contribution in [2.24, 2.45) is 5.16 Å². The molecule has 0 aromatic heterocycles. The van der Waals surface area contributed by atoms with Gasteiger partial charge >= 0.3 is 0 Å². The molecule has 0 saturated carbocycles. The van der Waals surface area contributed by atoms with Gasteiger partial charge in [-0.2, -0.15) is 8.42 Å². The third kappa shape index (κ3) is 6.35. The molecule has 1 saturated heterocycles. The molecule has 4 N–H and O–H groups in total. The van der Waals surface area contributed by atoms with E-state index in [-0.39, 0.29) is 11.5 Å². The van der Waals surface area contributed by atoms with Gasteiger partial charge in [0.25, 0.3) is 10.4 Å². The number of aliphatic hydroxyl groups is 4. The molecule has 1 aliphatic heterocycles. The van der Waals surface area contributed by atoms with E-state index in [2.05, 4.69) is 16.0 Å². The van der Waals surface area contributed by atoms with Crippen molar-refractivity contribution in [3.05, 3.63) is 12.7 Å². The largest absolute Gasteiger partial charge is 0.714 e. The van der Waals surface area contributed by atoms with Crippen LogP contribution in [0.15, 0.2) is 17.8 Å². The molecule has 23 heavy (non-hydrogen) atoms. The summed E-state index contributed by atoms with van der Waals surface area (Å²) >= 11 is 0.699. The number of hydrogen-bond donors (Lipinski definition) is 4. The summed E-state index contributed by atoms with van der Waals surface area (Å²) in [6.45, 7) is 2.87. The van der Waals surface area contributed by atoms with Crippen molar-refractivity contribution in [2.75, 3.05) is 6.61 Å². The first kappa shape index (κ1) is 20.3. The van der Waals surface area contributed by atoms with Crippen LogP contribution in [0.25, 0.3) is 0 Å². The van der Waals surface area contributed by atoms with E-state index in [4.69, 9.17) is 9.84 Å². The number of aliphatic hydroxyl groups excluding tert-OH is 4. The van der Waals surface area contributed by atoms with E-state index in [0.717, 1.165) is 0 Å². The molecule has 0 unspecified atom stereocenters. The van der Waals surface area contributed by atoms with Crippen molar-refractivity contribution in [3.8, 4) is 0 Å². The van der Waals surface area contributed by atoms with Gasteiger partial charge in [-0.15, -0.1) is 6.58 Å². The van der Waals surface area contributed by atoms with E-state index in [9.17, 15) is 28.3 Å². The highest BCUT2D eigenvalue weighted by Crippen LogP contribution is 2.30. The minimum absolute atomic E-state index is 0.00588. The third-order valence-electron chi connectivity index (χ3n) is 2.89. The van der Waals surface area contributed by atoms with E-state index >= 15 is 0 Å². The zero-order chi connectivity index (χ0) is 17.6. The van der Waals surface area contributed by atoms with E-state index in [1.165, 1.54) is 6.08 Å². The van der Waals surface area contributed by atoms with Gasteiger partial charge in [0.05, 0.1) is 6.61 Å². The monoisotopic (exact) mass is 372 g/mol. The second kappa shape index (κ2) is 8.94. The van der Waals surface area contributed by atoms with Crippen molar-refractivity contribution < 1.29 is 42.4 Å². The lowest BCUT2D eigenvalue weighted by Gasteiger charge is -2.39. The van der Waals surface area contributed by atoms with Crippen LogP contribution < -0.4 is 0 Å². The zero-order valence-corrected chi connectivity index (χ0v) is 13.5. The van der Waals surface area contributed by atoms with Gasteiger partial charge in [-0.25, -0.2) is 0 Å². The molecule has 0 spiro atoms. The van der Waals surface area contributed by atoms with Crippen LogP contribution in [0.1, 0.15) is 12.8 Å². The molecule has 0 radical (unpaired) electrons. The van der Waals surface area contributed by atoms with E-state index < -0.39 is 46.9 Å². The molecule has 1 heterocycles. The lowest BCUT2D eigenvalue weighted by atomic mass is 10.0. The van der Waals surface area contributed by atoms with Crippen LogP contribution in [-0.2, 0) is 19.4 Å². The normalized spacial score (nSPS) is 32.6. The predicted molar refractivity (Wildman–Crippen MR) is 79.0 cm³/mol. The molecule has 0 aromatic rings. The number of ether oxygens (including phenoxy) is 1. The highest BCUT2D eigenvalue weighted by molar-refractivity contribution is 8.14. The maximum Gasteiger partial charge on any atom is 0.284 e. The molecule has 0 amide bonds. The van der Waals surface area contributed by atoms with Gasteiger partial charge in [0, 0.05) is 6.42 Å². The molecule has 0 aromatic carbocycles. The van der Waals surface area contributed by atoms with Gasteiger partial charge < -0.3 is 29.7 Å². The standard InChI is InChI=1S/C11H19NO9S2/c1-2-3-4-7(12-21-23(17,18)19)22-11-10(16)9(15)8(14)6(5-13)20-11/h2,6,8-11,13-16H,1,3-5H2,(H,17,18,19)/p-1/t6-,8-,9+,10-,11+/m1/s1. The van der Waals surface area contributed by atoms with Gasteiger partial charge in [-0.3, -0.25) is 4.28 Å². The predicted octanol–water partition coefficient (Wildman–Crippen LogP) is -1.72. The van der Waals surface area contributed by atoms with Crippen molar-refractivity contribution in [1.29, 1.82) is 0 Å². The smallest absolute Gasteiger partial charge is 0.284 e. The zero-order valence-electron chi connectivity index (χ0n) is 11.9. The molecule has 0 bridgehead atoms. The van der Waals surface area contributed by atoms with Crippen molar-refractivity contribution >= 4 is 27.2 Å².